The summed E-state index contributed by atoms with van der Waals surface area (Å²) in [4.78, 5) is 11.2. The average Bonchev–Trinajstić information content (AvgIpc) is 2.95. The molecule has 0 bridgehead atoms. The van der Waals surface area contributed by atoms with Crippen molar-refractivity contribution < 1.29 is 9.90 Å². The number of nitrogens with zero attached hydrogens (tertiary/aromatic N) is 2. The largest absolute Gasteiger partial charge is 0.478 e. The van der Waals surface area contributed by atoms with Crippen LogP contribution < -0.4 is 10.7 Å². The van der Waals surface area contributed by atoms with Gasteiger partial charge in [0.05, 0.1) is 16.8 Å². The maximum atomic E-state index is 11.2. The van der Waals surface area contributed by atoms with Crippen LogP contribution in [0.1, 0.15) is 27.3 Å². The van der Waals surface area contributed by atoms with E-state index in [-0.39, 0.29) is 10.6 Å². The maximum absolute atomic E-state index is 11.2. The Hall–Kier alpha value is -3.16. The first kappa shape index (κ1) is 20.6. The molecule has 0 unspecified atom stereocenters. The molecule has 0 fully saturated rings. The van der Waals surface area contributed by atoms with E-state index in [1.54, 1.807) is 18.3 Å². The standard InChI is InChI=1S/C21H19ClN4O2S/c1-13-10-15(12-23-25-21(29)24-16-6-4-3-5-7-16)14(2)26(13)17-8-9-18(20(27)28)19(22)11-17/h3-12H,1-2H3,(H,27,28)(H2,24,25,29)/b23-12+. The fraction of sp³-hybridized carbons (Fsp3) is 0.0952. The number of rotatable bonds is 5. The van der Waals surface area contributed by atoms with Crippen LogP contribution in [0, 0.1) is 13.8 Å². The van der Waals surface area contributed by atoms with E-state index in [1.165, 1.54) is 6.07 Å². The number of anilines is 1. The van der Waals surface area contributed by atoms with Gasteiger partial charge in [0, 0.05) is 28.3 Å². The highest BCUT2D eigenvalue weighted by molar-refractivity contribution is 7.80. The number of hydrogen-bond donors (Lipinski definition) is 3. The van der Waals surface area contributed by atoms with Crippen LogP contribution in [0.2, 0.25) is 5.02 Å². The summed E-state index contributed by atoms with van der Waals surface area (Å²) in [5.41, 5.74) is 7.33. The third kappa shape index (κ3) is 4.82. The molecule has 3 aromatic rings. The minimum atomic E-state index is -1.05. The lowest BCUT2D eigenvalue weighted by molar-refractivity contribution is 0.0697. The molecule has 6 nitrogen and oxygen atoms in total. The van der Waals surface area contributed by atoms with Gasteiger partial charge < -0.3 is 15.0 Å². The molecule has 1 aromatic heterocycles. The lowest BCUT2D eigenvalue weighted by Gasteiger charge is -2.11. The number of aromatic nitrogens is 1. The minimum absolute atomic E-state index is 0.0725. The average molecular weight is 427 g/mol. The van der Waals surface area contributed by atoms with E-state index in [9.17, 15) is 4.79 Å². The monoisotopic (exact) mass is 426 g/mol. The topological polar surface area (TPSA) is 78.7 Å². The Morgan fingerprint density at radius 2 is 1.90 bits per heavy atom. The molecule has 0 aliphatic carbocycles. The summed E-state index contributed by atoms with van der Waals surface area (Å²) in [5, 5.41) is 17.0. The van der Waals surface area contributed by atoms with Crippen molar-refractivity contribution >= 4 is 46.8 Å². The van der Waals surface area contributed by atoms with Gasteiger partial charge >= 0.3 is 5.97 Å². The molecule has 2 aromatic carbocycles. The molecule has 0 aliphatic rings. The van der Waals surface area contributed by atoms with Crippen LogP contribution in [0.4, 0.5) is 5.69 Å². The third-order valence-electron chi connectivity index (χ3n) is 4.31. The summed E-state index contributed by atoms with van der Waals surface area (Å²) in [6, 6.07) is 16.4. The van der Waals surface area contributed by atoms with Crippen LogP contribution in [0.25, 0.3) is 5.69 Å². The van der Waals surface area contributed by atoms with Gasteiger partial charge in [-0.05, 0) is 62.5 Å². The number of aryl methyl sites for hydroxylation is 1. The molecule has 1 heterocycles. The van der Waals surface area contributed by atoms with Gasteiger partial charge in [0.15, 0.2) is 5.11 Å². The second-order valence-electron chi connectivity index (χ2n) is 6.32. The van der Waals surface area contributed by atoms with E-state index in [4.69, 9.17) is 28.9 Å². The van der Waals surface area contributed by atoms with Crippen LogP contribution in [0.3, 0.4) is 0 Å². The summed E-state index contributed by atoms with van der Waals surface area (Å²) < 4.78 is 1.99. The Labute approximate surface area is 178 Å². The van der Waals surface area contributed by atoms with Gasteiger partial charge in [0.2, 0.25) is 0 Å². The van der Waals surface area contributed by atoms with E-state index in [1.807, 2.05) is 54.8 Å². The maximum Gasteiger partial charge on any atom is 0.337 e. The van der Waals surface area contributed by atoms with Crippen molar-refractivity contribution in [2.75, 3.05) is 5.32 Å². The predicted octanol–water partition coefficient (Wildman–Crippen LogP) is 4.77. The number of halogens is 1. The molecular weight excluding hydrogens is 408 g/mol. The first-order valence-corrected chi connectivity index (χ1v) is 9.52. The molecule has 0 spiro atoms. The Bertz CT molecular complexity index is 1090. The zero-order valence-corrected chi connectivity index (χ0v) is 17.4. The molecule has 0 saturated carbocycles. The molecule has 0 aliphatic heterocycles. The normalized spacial score (nSPS) is 10.9. The van der Waals surface area contributed by atoms with Crippen LogP contribution in [0.15, 0.2) is 59.7 Å². The van der Waals surface area contributed by atoms with E-state index in [0.717, 1.165) is 28.3 Å². The molecule has 29 heavy (non-hydrogen) atoms. The van der Waals surface area contributed by atoms with Gasteiger partial charge in [-0.25, -0.2) is 4.79 Å². The van der Waals surface area contributed by atoms with Gasteiger partial charge in [0.25, 0.3) is 0 Å². The number of thiocarbonyl (C=S) groups is 1. The molecular formula is C21H19ClN4O2S. The fourth-order valence-corrected chi connectivity index (χ4v) is 3.40. The number of benzene rings is 2. The van der Waals surface area contributed by atoms with Crippen molar-refractivity contribution in [3.63, 3.8) is 0 Å². The van der Waals surface area contributed by atoms with Crippen molar-refractivity contribution in [3.8, 4) is 5.69 Å². The smallest absolute Gasteiger partial charge is 0.337 e. The number of hydrogen-bond acceptors (Lipinski definition) is 3. The van der Waals surface area contributed by atoms with Crippen molar-refractivity contribution in [1.29, 1.82) is 0 Å². The van der Waals surface area contributed by atoms with Gasteiger partial charge in [-0.1, -0.05) is 29.8 Å². The van der Waals surface area contributed by atoms with Crippen LogP contribution in [-0.2, 0) is 0 Å². The molecule has 0 saturated heterocycles. The number of carbonyl (C=O) groups is 1. The predicted molar refractivity (Wildman–Crippen MR) is 121 cm³/mol. The SMILES string of the molecule is Cc1cc(/C=N/NC(=S)Nc2ccccc2)c(C)n1-c1ccc(C(=O)O)c(Cl)c1. The van der Waals surface area contributed by atoms with Gasteiger partial charge in [-0.2, -0.15) is 5.10 Å². The second-order valence-corrected chi connectivity index (χ2v) is 7.14. The zero-order valence-electron chi connectivity index (χ0n) is 15.8. The first-order valence-electron chi connectivity index (χ1n) is 8.74. The lowest BCUT2D eigenvalue weighted by Crippen LogP contribution is -2.23. The van der Waals surface area contributed by atoms with Gasteiger partial charge in [0.1, 0.15) is 0 Å². The Kier molecular flexibility index (Phi) is 6.31. The molecule has 0 radical (unpaired) electrons. The van der Waals surface area contributed by atoms with Crippen molar-refractivity contribution in [3.05, 3.63) is 82.1 Å². The number of nitrogens with one attached hydrogen (secondary N) is 2. The van der Waals surface area contributed by atoms with E-state index in [2.05, 4.69) is 15.8 Å². The lowest BCUT2D eigenvalue weighted by atomic mass is 10.2. The molecule has 0 atom stereocenters. The number of hydrazone groups is 1. The van der Waals surface area contributed by atoms with E-state index < -0.39 is 5.97 Å². The Morgan fingerprint density at radius 1 is 1.17 bits per heavy atom. The van der Waals surface area contributed by atoms with E-state index in [0.29, 0.717) is 5.11 Å². The zero-order chi connectivity index (χ0) is 21.0. The molecule has 148 valence electrons. The van der Waals surface area contributed by atoms with Crippen LogP contribution in [-0.4, -0.2) is 27.0 Å². The summed E-state index contributed by atoms with van der Waals surface area (Å²) in [6.45, 7) is 3.91. The van der Waals surface area contributed by atoms with Crippen molar-refractivity contribution in [2.24, 2.45) is 5.10 Å². The molecule has 0 amide bonds. The minimum Gasteiger partial charge on any atom is -0.478 e. The second kappa shape index (κ2) is 8.89. The van der Waals surface area contributed by atoms with Crippen molar-refractivity contribution in [1.82, 2.24) is 9.99 Å². The number of aromatic carboxylic acids is 1. The highest BCUT2D eigenvalue weighted by atomic mass is 35.5. The number of carboxylic acids is 1. The van der Waals surface area contributed by atoms with Gasteiger partial charge in [-0.3, -0.25) is 5.43 Å². The van der Waals surface area contributed by atoms with Crippen LogP contribution in [0.5, 0.6) is 0 Å². The number of carboxylic acid groups (broad SMARTS) is 1. The molecule has 8 heteroatoms. The van der Waals surface area contributed by atoms with E-state index >= 15 is 0 Å². The third-order valence-corrected chi connectivity index (χ3v) is 4.82. The van der Waals surface area contributed by atoms with Crippen LogP contribution >= 0.6 is 23.8 Å². The summed E-state index contributed by atoms with van der Waals surface area (Å²) in [5.74, 6) is -1.05. The Balaban J connectivity index is 1.75. The van der Waals surface area contributed by atoms with Gasteiger partial charge in [-0.15, -0.1) is 0 Å². The quantitative estimate of drug-likeness (QED) is 0.311. The first-order chi connectivity index (χ1) is 13.9. The fourth-order valence-electron chi connectivity index (χ4n) is 2.97. The van der Waals surface area contributed by atoms with Crippen molar-refractivity contribution in [2.45, 2.75) is 13.8 Å². The summed E-state index contributed by atoms with van der Waals surface area (Å²) in [6.07, 6.45) is 1.69. The Morgan fingerprint density at radius 3 is 2.55 bits per heavy atom. The summed E-state index contributed by atoms with van der Waals surface area (Å²) in [7, 11) is 0. The number of para-hydroxylation sites is 1. The highest BCUT2D eigenvalue weighted by Crippen LogP contribution is 2.24. The summed E-state index contributed by atoms with van der Waals surface area (Å²) >= 11 is 11.4. The highest BCUT2D eigenvalue weighted by Gasteiger charge is 2.13. The molecule has 3 rings (SSSR count). The molecule has 3 N–H and O–H groups in total.